The van der Waals surface area contributed by atoms with Crippen LogP contribution in [0.4, 0.5) is 0 Å². The number of ether oxygens (including phenoxy) is 4. The van der Waals surface area contributed by atoms with Gasteiger partial charge in [-0.2, -0.15) is 0 Å². The highest BCUT2D eigenvalue weighted by atomic mass is 16.8. The lowest BCUT2D eigenvalue weighted by Crippen LogP contribution is -2.61. The molecule has 0 saturated carbocycles. The Balaban J connectivity index is 2.30. The van der Waals surface area contributed by atoms with Gasteiger partial charge in [-0.3, -0.25) is 4.79 Å². The van der Waals surface area contributed by atoms with E-state index < -0.39 is 34.8 Å². The summed E-state index contributed by atoms with van der Waals surface area (Å²) in [5.74, 6) is -1.55. The van der Waals surface area contributed by atoms with Crippen molar-refractivity contribution in [2.45, 2.75) is 91.2 Å². The normalized spacial score (nSPS) is 31.3. The van der Waals surface area contributed by atoms with Crippen LogP contribution >= 0.6 is 0 Å². The van der Waals surface area contributed by atoms with E-state index in [1.807, 2.05) is 27.7 Å². The molecule has 2 heterocycles. The molecule has 2 rings (SSSR count). The maximum Gasteiger partial charge on any atom is 0.172 e. The summed E-state index contributed by atoms with van der Waals surface area (Å²) in [5, 5.41) is 11.7. The van der Waals surface area contributed by atoms with Crippen molar-refractivity contribution in [3.05, 3.63) is 0 Å². The van der Waals surface area contributed by atoms with Crippen LogP contribution in [0.5, 0.6) is 0 Å². The van der Waals surface area contributed by atoms with Crippen molar-refractivity contribution in [1.29, 1.82) is 0 Å². The molecule has 6 nitrogen and oxygen atoms in total. The molecule has 2 aliphatic heterocycles. The summed E-state index contributed by atoms with van der Waals surface area (Å²) in [7, 11) is 0. The van der Waals surface area contributed by atoms with Gasteiger partial charge in [-0.1, -0.05) is 13.8 Å². The molecule has 0 aromatic heterocycles. The zero-order valence-corrected chi connectivity index (χ0v) is 16.8. The summed E-state index contributed by atoms with van der Waals surface area (Å²) in [5.41, 5.74) is -2.46. The Bertz CT molecular complexity index is 510. The quantitative estimate of drug-likeness (QED) is 0.787. The van der Waals surface area contributed by atoms with Gasteiger partial charge in [-0.15, -0.1) is 0 Å². The van der Waals surface area contributed by atoms with E-state index in [1.54, 1.807) is 27.7 Å². The molecule has 0 unspecified atom stereocenters. The maximum atomic E-state index is 13.2. The fourth-order valence-electron chi connectivity index (χ4n) is 3.77. The van der Waals surface area contributed by atoms with Crippen molar-refractivity contribution in [3.63, 3.8) is 0 Å². The molecule has 0 aliphatic carbocycles. The van der Waals surface area contributed by atoms with Gasteiger partial charge in [0.25, 0.3) is 0 Å². The van der Waals surface area contributed by atoms with Gasteiger partial charge in [0.05, 0.1) is 18.6 Å². The van der Waals surface area contributed by atoms with Crippen LogP contribution in [-0.4, -0.2) is 53.5 Å². The van der Waals surface area contributed by atoms with Crippen LogP contribution in [0.25, 0.3) is 0 Å². The van der Waals surface area contributed by atoms with Gasteiger partial charge in [0.1, 0.15) is 17.8 Å². The van der Waals surface area contributed by atoms with Gasteiger partial charge in [-0.05, 0) is 53.9 Å². The molecule has 0 radical (unpaired) electrons. The first kappa shape index (κ1) is 20.8. The van der Waals surface area contributed by atoms with Crippen LogP contribution in [0.15, 0.2) is 0 Å². The first-order chi connectivity index (χ1) is 11.2. The van der Waals surface area contributed by atoms with Crippen LogP contribution in [0.3, 0.4) is 0 Å². The molecule has 6 heteroatoms. The fourth-order valence-corrected chi connectivity index (χ4v) is 3.77. The predicted octanol–water partition coefficient (Wildman–Crippen LogP) is 2.66. The number of aliphatic hydroxyl groups is 1. The summed E-state index contributed by atoms with van der Waals surface area (Å²) in [6.07, 6.45) is -0.856. The van der Waals surface area contributed by atoms with Crippen LogP contribution < -0.4 is 0 Å². The number of Topliss-reactive ketones (excluding diaryl/α,β-unsaturated/α-hetero) is 1. The van der Waals surface area contributed by atoms with Crippen molar-refractivity contribution in [2.75, 3.05) is 13.2 Å². The SMILES string of the molecule is CC(C)C[C@](O)([C@H]1COC(C)(C)O1)C(C)(C)C(=O)[C@H]1COC(C)(C)O1. The van der Waals surface area contributed by atoms with Gasteiger partial charge in [0.2, 0.25) is 0 Å². The topological polar surface area (TPSA) is 74.2 Å². The largest absolute Gasteiger partial charge is 0.386 e. The molecular weight excluding hydrogens is 324 g/mol. The average molecular weight is 358 g/mol. The predicted molar refractivity (Wildman–Crippen MR) is 93.0 cm³/mol. The Labute approximate surface area is 151 Å². The molecule has 3 atom stereocenters. The second-order valence-electron chi connectivity index (χ2n) is 9.15. The van der Waals surface area contributed by atoms with Gasteiger partial charge >= 0.3 is 0 Å². The summed E-state index contributed by atoms with van der Waals surface area (Å²) in [4.78, 5) is 13.2. The van der Waals surface area contributed by atoms with E-state index in [0.29, 0.717) is 6.42 Å². The number of carbonyl (C=O) groups is 1. The lowest BCUT2D eigenvalue weighted by molar-refractivity contribution is -0.207. The van der Waals surface area contributed by atoms with E-state index in [4.69, 9.17) is 18.9 Å². The number of hydrogen-bond donors (Lipinski definition) is 1. The highest BCUT2D eigenvalue weighted by Gasteiger charge is 2.59. The fraction of sp³-hybridized carbons (Fsp3) is 0.947. The first-order valence-electron chi connectivity index (χ1n) is 9.10. The molecule has 2 saturated heterocycles. The maximum absolute atomic E-state index is 13.2. The minimum Gasteiger partial charge on any atom is -0.386 e. The van der Waals surface area contributed by atoms with E-state index in [0.717, 1.165) is 0 Å². The molecule has 25 heavy (non-hydrogen) atoms. The van der Waals surface area contributed by atoms with E-state index >= 15 is 0 Å². The van der Waals surface area contributed by atoms with Crippen LogP contribution in [0, 0.1) is 11.3 Å². The smallest absolute Gasteiger partial charge is 0.172 e. The Hall–Kier alpha value is -0.530. The summed E-state index contributed by atoms with van der Waals surface area (Å²) in [6, 6.07) is 0. The summed E-state index contributed by atoms with van der Waals surface area (Å²) in [6.45, 7) is 15.2. The van der Waals surface area contributed by atoms with Crippen molar-refractivity contribution in [2.24, 2.45) is 11.3 Å². The third-order valence-electron chi connectivity index (χ3n) is 5.26. The molecule has 0 bridgehead atoms. The Morgan fingerprint density at radius 3 is 2.00 bits per heavy atom. The second-order valence-corrected chi connectivity index (χ2v) is 9.15. The zero-order chi connectivity index (χ0) is 19.3. The molecule has 1 N–H and O–H groups in total. The summed E-state index contributed by atoms with van der Waals surface area (Å²) < 4.78 is 22.9. The first-order valence-corrected chi connectivity index (χ1v) is 9.10. The van der Waals surface area contributed by atoms with Gasteiger partial charge < -0.3 is 24.1 Å². The van der Waals surface area contributed by atoms with Crippen molar-refractivity contribution >= 4 is 5.78 Å². The van der Waals surface area contributed by atoms with Gasteiger partial charge in [0.15, 0.2) is 17.4 Å². The van der Waals surface area contributed by atoms with E-state index in [-0.39, 0.29) is 24.9 Å². The number of carbonyl (C=O) groups excluding carboxylic acids is 1. The standard InChI is InChI=1S/C19H34O6/c1-12(2)9-19(21,14-11-23-18(7,8)25-14)16(3,4)15(20)13-10-22-17(5,6)24-13/h12-14,21H,9-11H2,1-8H3/t13-,14-,19+/m1/s1. The molecule has 146 valence electrons. The molecular formula is C19H34O6. The van der Waals surface area contributed by atoms with E-state index in [1.165, 1.54) is 0 Å². The Kier molecular flexibility index (Phi) is 5.46. The monoisotopic (exact) mass is 358 g/mol. The van der Waals surface area contributed by atoms with Crippen LogP contribution in [0.2, 0.25) is 0 Å². The lowest BCUT2D eigenvalue weighted by Gasteiger charge is -2.46. The Morgan fingerprint density at radius 1 is 1.08 bits per heavy atom. The molecule has 2 fully saturated rings. The van der Waals surface area contributed by atoms with E-state index in [2.05, 4.69) is 0 Å². The van der Waals surface area contributed by atoms with Gasteiger partial charge in [-0.25, -0.2) is 0 Å². The second kappa shape index (κ2) is 6.57. The minimum absolute atomic E-state index is 0.172. The molecule has 0 aromatic carbocycles. The molecule has 0 aromatic rings. The minimum atomic E-state index is -1.37. The lowest BCUT2D eigenvalue weighted by atomic mass is 9.64. The summed E-state index contributed by atoms with van der Waals surface area (Å²) >= 11 is 0. The highest BCUT2D eigenvalue weighted by molar-refractivity contribution is 5.90. The number of rotatable bonds is 6. The number of ketones is 1. The van der Waals surface area contributed by atoms with Crippen molar-refractivity contribution < 1.29 is 28.8 Å². The third-order valence-corrected chi connectivity index (χ3v) is 5.26. The van der Waals surface area contributed by atoms with Gasteiger partial charge in [0, 0.05) is 0 Å². The zero-order valence-electron chi connectivity index (χ0n) is 16.8. The molecule has 0 spiro atoms. The Morgan fingerprint density at radius 2 is 1.60 bits per heavy atom. The van der Waals surface area contributed by atoms with E-state index in [9.17, 15) is 9.90 Å². The van der Waals surface area contributed by atoms with Crippen molar-refractivity contribution in [1.82, 2.24) is 0 Å². The van der Waals surface area contributed by atoms with Crippen LogP contribution in [0.1, 0.15) is 61.8 Å². The van der Waals surface area contributed by atoms with Crippen molar-refractivity contribution in [3.8, 4) is 0 Å². The third kappa shape index (κ3) is 4.08. The average Bonchev–Trinajstić information content (AvgIpc) is 2.99. The number of hydrogen-bond acceptors (Lipinski definition) is 6. The molecule has 2 aliphatic rings. The highest BCUT2D eigenvalue weighted by Crippen LogP contribution is 2.45. The van der Waals surface area contributed by atoms with Crippen LogP contribution in [-0.2, 0) is 23.7 Å². The molecule has 0 amide bonds.